The third-order valence-electron chi connectivity index (χ3n) is 5.04. The highest BCUT2D eigenvalue weighted by atomic mass is 16.7. The SMILES string of the molecule is CCC(C)CCCCN(CCCC(C)CC)OCC1CC1. The Kier molecular flexibility index (Phi) is 10.4. The second-order valence-corrected chi connectivity index (χ2v) is 7.33. The number of rotatable bonds is 14. The molecule has 0 radical (unpaired) electrons. The molecule has 2 atom stereocenters. The molecule has 0 aromatic rings. The Hall–Kier alpha value is -0.0800. The lowest BCUT2D eigenvalue weighted by molar-refractivity contribution is -0.164. The lowest BCUT2D eigenvalue weighted by Gasteiger charge is -2.23. The molecule has 0 aromatic heterocycles. The number of nitrogens with zero attached hydrogens (tertiary/aromatic N) is 1. The molecule has 0 spiro atoms. The van der Waals surface area contributed by atoms with Gasteiger partial charge in [-0.3, -0.25) is 4.84 Å². The smallest absolute Gasteiger partial charge is 0.0713 e. The molecule has 0 aromatic carbocycles. The van der Waals surface area contributed by atoms with Crippen LogP contribution in [0.4, 0.5) is 0 Å². The second kappa shape index (κ2) is 11.5. The molecular formula is C19H39NO. The summed E-state index contributed by atoms with van der Waals surface area (Å²) in [6, 6.07) is 0. The molecular weight excluding hydrogens is 258 g/mol. The van der Waals surface area contributed by atoms with Crippen molar-refractivity contribution in [3.63, 3.8) is 0 Å². The third-order valence-corrected chi connectivity index (χ3v) is 5.04. The predicted molar refractivity (Wildman–Crippen MR) is 92.2 cm³/mol. The maximum atomic E-state index is 6.05. The standard InChI is InChI=1S/C19H39NO/c1-5-17(3)10-7-8-14-20(21-16-19-12-13-19)15-9-11-18(4)6-2/h17-19H,5-16H2,1-4H3. The van der Waals surface area contributed by atoms with Crippen molar-refractivity contribution in [3.05, 3.63) is 0 Å². The van der Waals surface area contributed by atoms with Gasteiger partial charge in [0.2, 0.25) is 0 Å². The minimum Gasteiger partial charge on any atom is -0.299 e. The normalized spacial score (nSPS) is 18.1. The van der Waals surface area contributed by atoms with Crippen LogP contribution in [0.15, 0.2) is 0 Å². The van der Waals surface area contributed by atoms with E-state index in [4.69, 9.17) is 4.84 Å². The van der Waals surface area contributed by atoms with E-state index in [1.807, 2.05) is 0 Å². The molecule has 0 aliphatic heterocycles. The van der Waals surface area contributed by atoms with E-state index in [9.17, 15) is 0 Å². The summed E-state index contributed by atoms with van der Waals surface area (Å²) < 4.78 is 0. The van der Waals surface area contributed by atoms with Crippen LogP contribution in [0.1, 0.15) is 85.5 Å². The van der Waals surface area contributed by atoms with Crippen molar-refractivity contribution in [2.75, 3.05) is 19.7 Å². The highest BCUT2D eigenvalue weighted by molar-refractivity contribution is 4.71. The number of hydrogen-bond donors (Lipinski definition) is 0. The van der Waals surface area contributed by atoms with E-state index in [0.29, 0.717) is 0 Å². The molecule has 0 saturated heterocycles. The fourth-order valence-corrected chi connectivity index (χ4v) is 2.54. The lowest BCUT2D eigenvalue weighted by Crippen LogP contribution is -2.28. The van der Waals surface area contributed by atoms with Gasteiger partial charge in [-0.1, -0.05) is 53.4 Å². The minimum absolute atomic E-state index is 0.862. The van der Waals surface area contributed by atoms with E-state index in [-0.39, 0.29) is 0 Å². The van der Waals surface area contributed by atoms with Crippen LogP contribution in [0.2, 0.25) is 0 Å². The Balaban J connectivity index is 2.13. The Morgan fingerprint density at radius 2 is 1.48 bits per heavy atom. The van der Waals surface area contributed by atoms with Crippen LogP contribution >= 0.6 is 0 Å². The summed E-state index contributed by atoms with van der Waals surface area (Å²) in [4.78, 5) is 6.05. The van der Waals surface area contributed by atoms with E-state index in [0.717, 1.165) is 37.5 Å². The van der Waals surface area contributed by atoms with E-state index >= 15 is 0 Å². The predicted octanol–water partition coefficient (Wildman–Crippen LogP) is 5.67. The topological polar surface area (TPSA) is 12.5 Å². The van der Waals surface area contributed by atoms with Crippen LogP contribution in [0.25, 0.3) is 0 Å². The zero-order chi connectivity index (χ0) is 15.5. The first-order chi connectivity index (χ1) is 10.2. The van der Waals surface area contributed by atoms with Crippen molar-refractivity contribution >= 4 is 0 Å². The van der Waals surface area contributed by atoms with Crippen LogP contribution in [0.5, 0.6) is 0 Å². The van der Waals surface area contributed by atoms with E-state index < -0.39 is 0 Å². The Morgan fingerprint density at radius 3 is 2.05 bits per heavy atom. The molecule has 1 aliphatic carbocycles. The molecule has 0 heterocycles. The summed E-state index contributed by atoms with van der Waals surface area (Å²) in [6.45, 7) is 12.5. The van der Waals surface area contributed by atoms with Gasteiger partial charge in [-0.2, -0.15) is 5.06 Å². The van der Waals surface area contributed by atoms with Crippen molar-refractivity contribution < 1.29 is 4.84 Å². The van der Waals surface area contributed by atoms with Crippen molar-refractivity contribution in [1.29, 1.82) is 0 Å². The molecule has 1 fully saturated rings. The monoisotopic (exact) mass is 297 g/mol. The summed E-state index contributed by atoms with van der Waals surface area (Å²) in [7, 11) is 0. The fourth-order valence-electron chi connectivity index (χ4n) is 2.54. The molecule has 0 bridgehead atoms. The van der Waals surface area contributed by atoms with Gasteiger partial charge >= 0.3 is 0 Å². The molecule has 1 aliphatic rings. The summed E-state index contributed by atoms with van der Waals surface area (Å²) >= 11 is 0. The molecule has 21 heavy (non-hydrogen) atoms. The highest BCUT2D eigenvalue weighted by Crippen LogP contribution is 2.29. The Bertz CT molecular complexity index is 240. The van der Waals surface area contributed by atoms with Crippen LogP contribution < -0.4 is 0 Å². The first-order valence-electron chi connectivity index (χ1n) is 9.53. The number of unbranched alkanes of at least 4 members (excludes halogenated alkanes) is 1. The zero-order valence-electron chi connectivity index (χ0n) is 15.1. The average molecular weight is 298 g/mol. The first-order valence-corrected chi connectivity index (χ1v) is 9.53. The minimum atomic E-state index is 0.862. The number of hydrogen-bond acceptors (Lipinski definition) is 2. The van der Waals surface area contributed by atoms with Gasteiger partial charge in [0, 0.05) is 13.1 Å². The van der Waals surface area contributed by atoms with Gasteiger partial charge in [-0.05, 0) is 49.9 Å². The third kappa shape index (κ3) is 10.3. The zero-order valence-corrected chi connectivity index (χ0v) is 15.1. The van der Waals surface area contributed by atoms with Crippen LogP contribution in [-0.4, -0.2) is 24.8 Å². The van der Waals surface area contributed by atoms with E-state index in [1.165, 1.54) is 57.8 Å². The van der Waals surface area contributed by atoms with E-state index in [1.54, 1.807) is 0 Å². The molecule has 1 rings (SSSR count). The van der Waals surface area contributed by atoms with Crippen molar-refractivity contribution in [1.82, 2.24) is 5.06 Å². The molecule has 126 valence electrons. The maximum absolute atomic E-state index is 6.05. The van der Waals surface area contributed by atoms with Gasteiger partial charge in [0.05, 0.1) is 6.61 Å². The van der Waals surface area contributed by atoms with Crippen molar-refractivity contribution in [2.24, 2.45) is 17.8 Å². The Labute approximate surface area is 133 Å². The summed E-state index contributed by atoms with van der Waals surface area (Å²) in [6.07, 6.45) is 12.0. The van der Waals surface area contributed by atoms with Gasteiger partial charge in [-0.25, -0.2) is 0 Å². The van der Waals surface area contributed by atoms with Crippen LogP contribution in [0.3, 0.4) is 0 Å². The van der Waals surface area contributed by atoms with Crippen molar-refractivity contribution in [3.8, 4) is 0 Å². The lowest BCUT2D eigenvalue weighted by atomic mass is 10.0. The molecule has 1 saturated carbocycles. The largest absolute Gasteiger partial charge is 0.299 e. The molecule has 2 nitrogen and oxygen atoms in total. The summed E-state index contributed by atoms with van der Waals surface area (Å²) in [5, 5.41) is 2.28. The molecule has 0 amide bonds. The van der Waals surface area contributed by atoms with Crippen molar-refractivity contribution in [2.45, 2.75) is 85.5 Å². The Morgan fingerprint density at radius 1 is 0.905 bits per heavy atom. The maximum Gasteiger partial charge on any atom is 0.0713 e. The van der Waals surface area contributed by atoms with Gasteiger partial charge < -0.3 is 0 Å². The van der Waals surface area contributed by atoms with Gasteiger partial charge in [0.1, 0.15) is 0 Å². The fraction of sp³-hybridized carbons (Fsp3) is 1.00. The highest BCUT2D eigenvalue weighted by Gasteiger charge is 2.22. The van der Waals surface area contributed by atoms with Gasteiger partial charge in [0.15, 0.2) is 0 Å². The van der Waals surface area contributed by atoms with Crippen LogP contribution in [-0.2, 0) is 4.84 Å². The average Bonchev–Trinajstić information content (AvgIpc) is 3.31. The van der Waals surface area contributed by atoms with Crippen LogP contribution in [0, 0.1) is 17.8 Å². The summed E-state index contributed by atoms with van der Waals surface area (Å²) in [5.41, 5.74) is 0. The quantitative estimate of drug-likeness (QED) is 0.302. The summed E-state index contributed by atoms with van der Waals surface area (Å²) in [5.74, 6) is 2.61. The van der Waals surface area contributed by atoms with E-state index in [2.05, 4.69) is 32.8 Å². The first kappa shape index (κ1) is 19.0. The molecule has 2 heteroatoms. The molecule has 2 unspecified atom stereocenters. The van der Waals surface area contributed by atoms with Gasteiger partial charge in [-0.15, -0.1) is 0 Å². The number of hydroxylamine groups is 2. The van der Waals surface area contributed by atoms with Gasteiger partial charge in [0.25, 0.3) is 0 Å². The molecule has 0 N–H and O–H groups in total. The second-order valence-electron chi connectivity index (χ2n) is 7.33.